The molecule has 0 bridgehead atoms. The van der Waals surface area contributed by atoms with Crippen LogP contribution in [0.2, 0.25) is 0 Å². The van der Waals surface area contributed by atoms with Crippen LogP contribution in [0.3, 0.4) is 0 Å². The van der Waals surface area contributed by atoms with Crippen LogP contribution >= 0.6 is 0 Å². The van der Waals surface area contributed by atoms with Crippen LogP contribution < -0.4 is 0 Å². The van der Waals surface area contributed by atoms with E-state index in [4.69, 9.17) is 9.47 Å². The van der Waals surface area contributed by atoms with Crippen molar-refractivity contribution in [3.05, 3.63) is 0 Å². The fourth-order valence-corrected chi connectivity index (χ4v) is 9.04. The average molecular weight is 888 g/mol. The van der Waals surface area contributed by atoms with E-state index in [-0.39, 0.29) is 25.0 Å². The van der Waals surface area contributed by atoms with E-state index in [9.17, 15) is 22.6 Å². The minimum Gasteiger partial charge on any atom is -0.747 e. The third-order valence-corrected chi connectivity index (χ3v) is 14.0. The Morgan fingerprint density at radius 3 is 1.03 bits per heavy atom. The van der Waals surface area contributed by atoms with E-state index in [0.29, 0.717) is 0 Å². The van der Waals surface area contributed by atoms with E-state index in [1.54, 1.807) is 0 Å². The quantitative estimate of drug-likeness (QED) is 0.0259. The SMILES string of the molecule is CCCCC(CC)COC(=O)CC(C(=O)OCC(CC)CCCC)S(=O)(=O)[O-].CCCCCCCC[N+](CCCCCCCC)(CCCCCCCC)CCCCCCCC. The molecule has 0 aromatic carbocycles. The van der Waals surface area contributed by atoms with Crippen molar-refractivity contribution >= 4 is 22.1 Å². The molecular weight excluding hydrogens is 783 g/mol. The first-order valence-electron chi connectivity index (χ1n) is 26.6. The maximum Gasteiger partial charge on any atom is 0.323 e. The Morgan fingerprint density at radius 1 is 0.443 bits per heavy atom. The Bertz CT molecular complexity index is 998. The number of nitrogens with zero attached hydrogens (tertiary/aromatic N) is 1. The summed E-state index contributed by atoms with van der Waals surface area (Å²) >= 11 is 0. The highest BCUT2D eigenvalue weighted by Gasteiger charge is 2.31. The Labute approximate surface area is 381 Å². The third kappa shape index (κ3) is 37.9. The molecule has 0 aromatic heterocycles. The summed E-state index contributed by atoms with van der Waals surface area (Å²) in [7, 11) is -5.01. The van der Waals surface area contributed by atoms with Gasteiger partial charge in [-0.1, -0.05) is 197 Å². The van der Waals surface area contributed by atoms with Crippen LogP contribution in [-0.2, 0) is 29.2 Å². The number of ether oxygens (including phenoxy) is 2. The lowest BCUT2D eigenvalue weighted by atomic mass is 10.0. The van der Waals surface area contributed by atoms with Gasteiger partial charge in [-0.2, -0.15) is 0 Å². The highest BCUT2D eigenvalue weighted by Crippen LogP contribution is 2.22. The van der Waals surface area contributed by atoms with Gasteiger partial charge in [0.1, 0.15) is 10.1 Å². The van der Waals surface area contributed by atoms with Crippen LogP contribution in [0.5, 0.6) is 0 Å². The molecule has 3 unspecified atom stereocenters. The number of carbonyl (C=O) groups is 2. The van der Waals surface area contributed by atoms with Gasteiger partial charge in [0.15, 0.2) is 5.25 Å². The number of hydrogen-bond acceptors (Lipinski definition) is 7. The molecule has 0 aliphatic heterocycles. The molecule has 0 saturated heterocycles. The molecule has 0 saturated carbocycles. The van der Waals surface area contributed by atoms with Crippen molar-refractivity contribution < 1.29 is 36.5 Å². The number of esters is 2. The van der Waals surface area contributed by atoms with Crippen LogP contribution in [0.25, 0.3) is 0 Å². The molecule has 0 N–H and O–H groups in total. The molecule has 61 heavy (non-hydrogen) atoms. The first kappa shape index (κ1) is 61.9. The summed E-state index contributed by atoms with van der Waals surface area (Å²) in [6, 6.07) is 0. The maximum atomic E-state index is 12.1. The van der Waals surface area contributed by atoms with Gasteiger partial charge in [-0.3, -0.25) is 9.59 Å². The fourth-order valence-electron chi connectivity index (χ4n) is 8.39. The van der Waals surface area contributed by atoms with Crippen LogP contribution in [0.15, 0.2) is 0 Å². The van der Waals surface area contributed by atoms with Crippen molar-refractivity contribution in [3.8, 4) is 0 Å². The predicted octanol–water partition coefficient (Wildman–Crippen LogP) is 15.1. The zero-order valence-electron chi connectivity index (χ0n) is 42.0. The number of quaternary nitrogens is 1. The second kappa shape index (κ2) is 44.0. The summed E-state index contributed by atoms with van der Waals surface area (Å²) < 4.78 is 46.0. The van der Waals surface area contributed by atoms with Gasteiger partial charge in [0, 0.05) is 0 Å². The first-order chi connectivity index (χ1) is 29.4. The number of carbonyl (C=O) groups excluding carboxylic acids is 2. The Hall–Kier alpha value is -1.19. The molecule has 9 heteroatoms. The molecular formula is C52H105NO7S. The Balaban J connectivity index is 0. The second-order valence-electron chi connectivity index (χ2n) is 18.6. The van der Waals surface area contributed by atoms with E-state index >= 15 is 0 Å². The van der Waals surface area contributed by atoms with Crippen molar-refractivity contribution in [2.75, 3.05) is 39.4 Å². The van der Waals surface area contributed by atoms with Gasteiger partial charge in [-0.15, -0.1) is 0 Å². The molecule has 0 rings (SSSR count). The van der Waals surface area contributed by atoms with Crippen molar-refractivity contribution in [2.45, 2.75) is 273 Å². The van der Waals surface area contributed by atoms with E-state index in [2.05, 4.69) is 41.5 Å². The number of rotatable bonds is 44. The summed E-state index contributed by atoms with van der Waals surface area (Å²) in [5.41, 5.74) is 0. The minimum absolute atomic E-state index is 0.0470. The third-order valence-electron chi connectivity index (χ3n) is 12.9. The molecule has 8 nitrogen and oxygen atoms in total. The standard InChI is InChI=1S/C32H68N.C20H38O7S/c1-5-9-13-17-21-25-29-33(30-26-22-18-14-10-6-2,31-27-23-19-15-11-7-3)32-28-24-20-16-12-8-4;1-5-9-11-16(7-3)14-26-19(21)13-18(28(23,24)25)20(22)27-15-17(8-4)12-10-6-2/h5-32H2,1-4H3;16-18H,5-15H2,1-4H3,(H,23,24,25)/q+1;/p-1. The number of hydrogen-bond donors (Lipinski definition) is 0. The van der Waals surface area contributed by atoms with Gasteiger partial charge in [0.2, 0.25) is 0 Å². The van der Waals surface area contributed by atoms with Crippen molar-refractivity contribution in [1.29, 1.82) is 0 Å². The molecule has 3 atom stereocenters. The summed E-state index contributed by atoms with van der Waals surface area (Å²) in [6.07, 6.45) is 41.4. The zero-order valence-corrected chi connectivity index (χ0v) is 42.8. The minimum atomic E-state index is -5.01. The van der Waals surface area contributed by atoms with Gasteiger partial charge in [0.05, 0.1) is 45.8 Å². The van der Waals surface area contributed by atoms with Crippen LogP contribution in [0.4, 0.5) is 0 Å². The van der Waals surface area contributed by atoms with Crippen LogP contribution in [-0.4, -0.2) is 74.0 Å². The average Bonchev–Trinajstić information content (AvgIpc) is 3.24. The predicted molar refractivity (Wildman–Crippen MR) is 260 cm³/mol. The van der Waals surface area contributed by atoms with Crippen molar-refractivity contribution in [1.82, 2.24) is 0 Å². The molecule has 0 aliphatic rings. The lowest BCUT2D eigenvalue weighted by Crippen LogP contribution is -2.50. The van der Waals surface area contributed by atoms with Gasteiger partial charge >= 0.3 is 11.9 Å². The molecule has 366 valence electrons. The molecule has 0 radical (unpaired) electrons. The summed E-state index contributed by atoms with van der Waals surface area (Å²) in [6.45, 7) is 23.5. The highest BCUT2D eigenvalue weighted by atomic mass is 32.2. The lowest BCUT2D eigenvalue weighted by molar-refractivity contribution is -0.929. The van der Waals surface area contributed by atoms with Gasteiger partial charge in [0.25, 0.3) is 0 Å². The van der Waals surface area contributed by atoms with Crippen LogP contribution in [0.1, 0.15) is 267 Å². The van der Waals surface area contributed by atoms with Gasteiger partial charge in [-0.25, -0.2) is 8.42 Å². The van der Waals surface area contributed by atoms with E-state index in [1.807, 2.05) is 13.8 Å². The smallest absolute Gasteiger partial charge is 0.323 e. The normalized spacial score (nSPS) is 13.3. The Kier molecular flexibility index (Phi) is 44.7. The topological polar surface area (TPSA) is 110 Å². The summed E-state index contributed by atoms with van der Waals surface area (Å²) in [4.78, 5) is 24.1. The van der Waals surface area contributed by atoms with Crippen molar-refractivity contribution in [3.63, 3.8) is 0 Å². The van der Waals surface area contributed by atoms with Gasteiger partial charge in [-0.05, 0) is 76.0 Å². The summed E-state index contributed by atoms with van der Waals surface area (Å²) in [5, 5.41) is -2.06. The van der Waals surface area contributed by atoms with E-state index < -0.39 is 33.7 Å². The Morgan fingerprint density at radius 2 is 0.738 bits per heavy atom. The van der Waals surface area contributed by atoms with Crippen LogP contribution in [0, 0.1) is 11.8 Å². The van der Waals surface area contributed by atoms with Crippen molar-refractivity contribution in [2.24, 2.45) is 11.8 Å². The summed E-state index contributed by atoms with van der Waals surface area (Å²) in [5.74, 6) is -1.74. The lowest BCUT2D eigenvalue weighted by Gasteiger charge is -2.40. The zero-order chi connectivity index (χ0) is 45.9. The molecule has 0 fully saturated rings. The van der Waals surface area contributed by atoms with E-state index in [0.717, 1.165) is 51.4 Å². The first-order valence-corrected chi connectivity index (χ1v) is 28.0. The molecule has 0 aliphatic carbocycles. The highest BCUT2D eigenvalue weighted by molar-refractivity contribution is 7.87. The number of unbranched alkanes of at least 4 members (excludes halogenated alkanes) is 22. The fraction of sp³-hybridized carbons (Fsp3) is 0.962. The molecule has 0 aromatic rings. The monoisotopic (exact) mass is 888 g/mol. The van der Waals surface area contributed by atoms with E-state index in [1.165, 1.54) is 185 Å². The molecule has 0 spiro atoms. The largest absolute Gasteiger partial charge is 0.747 e. The second-order valence-corrected chi connectivity index (χ2v) is 20.2. The van der Waals surface area contributed by atoms with Gasteiger partial charge < -0.3 is 18.5 Å². The maximum absolute atomic E-state index is 12.1. The molecule has 0 heterocycles. The molecule has 0 amide bonds.